The molecule has 0 atom stereocenters. The van der Waals surface area contributed by atoms with Crippen molar-refractivity contribution in [3.63, 3.8) is 0 Å². The summed E-state index contributed by atoms with van der Waals surface area (Å²) in [5.41, 5.74) is 1.99. The molecular weight excluding hydrogens is 327 g/mol. The van der Waals surface area contributed by atoms with E-state index < -0.39 is 11.9 Å². The predicted octanol–water partition coefficient (Wildman–Crippen LogP) is 3.56. The smallest absolute Gasteiger partial charge is 0.325 e. The molecule has 2 aromatic rings. The van der Waals surface area contributed by atoms with E-state index in [1.165, 1.54) is 0 Å². The summed E-state index contributed by atoms with van der Waals surface area (Å²) in [5.74, 6) is -1.29. The summed E-state index contributed by atoms with van der Waals surface area (Å²) in [6.45, 7) is 1.81. The van der Waals surface area contributed by atoms with Crippen LogP contribution in [-0.4, -0.2) is 27.6 Å². The third-order valence-corrected chi connectivity index (χ3v) is 4.06. The van der Waals surface area contributed by atoms with Crippen LogP contribution in [0.15, 0.2) is 35.5 Å². The molecule has 1 heterocycles. The van der Waals surface area contributed by atoms with Gasteiger partial charge in [0, 0.05) is 18.1 Å². The maximum atomic E-state index is 12.4. The molecule has 23 heavy (non-hydrogen) atoms. The summed E-state index contributed by atoms with van der Waals surface area (Å²) < 4.78 is 38.7. The van der Waals surface area contributed by atoms with E-state index in [9.17, 15) is 18.0 Å². The van der Waals surface area contributed by atoms with Crippen LogP contribution in [0.4, 0.5) is 18.9 Å². The number of carbonyl (C=O) groups is 1. The molecule has 1 N–H and O–H groups in total. The first-order valence-electron chi connectivity index (χ1n) is 6.80. The van der Waals surface area contributed by atoms with Crippen LogP contribution in [0.3, 0.4) is 0 Å². The van der Waals surface area contributed by atoms with Gasteiger partial charge in [-0.05, 0) is 30.2 Å². The molecule has 1 aromatic heterocycles. The molecule has 1 aromatic carbocycles. The average molecular weight is 343 g/mol. The van der Waals surface area contributed by atoms with E-state index in [0.717, 1.165) is 11.1 Å². The second kappa shape index (κ2) is 7.08. The van der Waals surface area contributed by atoms with Crippen LogP contribution in [0, 0.1) is 6.92 Å². The molecule has 0 aliphatic carbocycles. The van der Waals surface area contributed by atoms with Crippen LogP contribution < -0.4 is 5.32 Å². The molecule has 2 rings (SSSR count). The van der Waals surface area contributed by atoms with Crippen molar-refractivity contribution in [1.82, 2.24) is 9.78 Å². The van der Waals surface area contributed by atoms with Gasteiger partial charge < -0.3 is 5.32 Å². The lowest BCUT2D eigenvalue weighted by Crippen LogP contribution is -2.15. The summed E-state index contributed by atoms with van der Waals surface area (Å²) in [7, 11) is 1.74. The number of anilines is 1. The molecule has 8 heteroatoms. The second-order valence-electron chi connectivity index (χ2n) is 5.15. The van der Waals surface area contributed by atoms with E-state index in [1.807, 2.05) is 6.92 Å². The fraction of sp³-hybridized carbons (Fsp3) is 0.333. The first kappa shape index (κ1) is 17.4. The molecule has 0 unspecified atom stereocenters. The van der Waals surface area contributed by atoms with Crippen LogP contribution in [0.2, 0.25) is 0 Å². The molecule has 0 saturated carbocycles. The SMILES string of the molecule is Cc1ccc(SCC(F)(F)F)c(NC(=O)Cc2cnn(C)c2)c1. The van der Waals surface area contributed by atoms with Gasteiger partial charge in [0.1, 0.15) is 0 Å². The number of benzene rings is 1. The van der Waals surface area contributed by atoms with Crippen molar-refractivity contribution >= 4 is 23.4 Å². The van der Waals surface area contributed by atoms with Gasteiger partial charge in [-0.25, -0.2) is 0 Å². The van der Waals surface area contributed by atoms with Crippen molar-refractivity contribution < 1.29 is 18.0 Å². The predicted molar refractivity (Wildman–Crippen MR) is 83.5 cm³/mol. The van der Waals surface area contributed by atoms with Crippen molar-refractivity contribution in [3.05, 3.63) is 41.7 Å². The third kappa shape index (κ3) is 5.63. The molecule has 0 radical (unpaired) electrons. The van der Waals surface area contributed by atoms with Gasteiger partial charge in [-0.15, -0.1) is 11.8 Å². The van der Waals surface area contributed by atoms with Gasteiger partial charge in [0.15, 0.2) is 0 Å². The van der Waals surface area contributed by atoms with Crippen molar-refractivity contribution in [1.29, 1.82) is 0 Å². The Kier molecular flexibility index (Phi) is 5.35. The van der Waals surface area contributed by atoms with Gasteiger partial charge in [0.05, 0.1) is 24.1 Å². The molecular formula is C15H16F3N3OS. The summed E-state index contributed by atoms with van der Waals surface area (Å²) in [6.07, 6.45) is -0.845. The van der Waals surface area contributed by atoms with Gasteiger partial charge in [-0.1, -0.05) is 6.07 Å². The number of hydrogen-bond donors (Lipinski definition) is 1. The first-order valence-corrected chi connectivity index (χ1v) is 7.79. The van der Waals surface area contributed by atoms with Gasteiger partial charge in [0.25, 0.3) is 0 Å². The zero-order chi connectivity index (χ0) is 17.0. The summed E-state index contributed by atoms with van der Waals surface area (Å²) in [4.78, 5) is 12.5. The van der Waals surface area contributed by atoms with Crippen LogP contribution in [0.1, 0.15) is 11.1 Å². The lowest BCUT2D eigenvalue weighted by Gasteiger charge is -2.12. The van der Waals surface area contributed by atoms with Crippen molar-refractivity contribution in [2.24, 2.45) is 7.05 Å². The standard InChI is InChI=1S/C15H16F3N3OS/c1-10-3-4-13(23-9-15(16,17)18)12(5-10)20-14(22)6-11-7-19-21(2)8-11/h3-5,7-8H,6,9H2,1-2H3,(H,20,22). The molecule has 0 bridgehead atoms. The summed E-state index contributed by atoms with van der Waals surface area (Å²) in [6, 6.07) is 4.97. The maximum absolute atomic E-state index is 12.4. The highest BCUT2D eigenvalue weighted by molar-refractivity contribution is 7.99. The maximum Gasteiger partial charge on any atom is 0.398 e. The fourth-order valence-corrected chi connectivity index (χ4v) is 2.72. The Bertz CT molecular complexity index is 698. The van der Waals surface area contributed by atoms with Crippen LogP contribution in [0.5, 0.6) is 0 Å². The second-order valence-corrected chi connectivity index (χ2v) is 6.17. The summed E-state index contributed by atoms with van der Waals surface area (Å²) in [5, 5.41) is 6.65. The number of hydrogen-bond acceptors (Lipinski definition) is 3. The van der Waals surface area contributed by atoms with E-state index in [2.05, 4.69) is 10.4 Å². The van der Waals surface area contributed by atoms with E-state index in [4.69, 9.17) is 0 Å². The van der Waals surface area contributed by atoms with Crippen molar-refractivity contribution in [2.75, 3.05) is 11.1 Å². The normalized spacial score (nSPS) is 11.5. The largest absolute Gasteiger partial charge is 0.398 e. The van der Waals surface area contributed by atoms with Gasteiger partial charge in [-0.3, -0.25) is 9.48 Å². The number of aryl methyl sites for hydroxylation is 2. The minimum absolute atomic E-state index is 0.116. The van der Waals surface area contributed by atoms with E-state index in [-0.39, 0.29) is 12.3 Å². The molecule has 4 nitrogen and oxygen atoms in total. The van der Waals surface area contributed by atoms with Gasteiger partial charge >= 0.3 is 6.18 Å². The highest BCUT2D eigenvalue weighted by Crippen LogP contribution is 2.32. The van der Waals surface area contributed by atoms with Crippen molar-refractivity contribution in [3.8, 4) is 0 Å². The van der Waals surface area contributed by atoms with E-state index >= 15 is 0 Å². The Balaban J connectivity index is 2.08. The van der Waals surface area contributed by atoms with Crippen LogP contribution in [0.25, 0.3) is 0 Å². The monoisotopic (exact) mass is 343 g/mol. The first-order chi connectivity index (χ1) is 10.7. The molecule has 0 fully saturated rings. The highest BCUT2D eigenvalue weighted by Gasteiger charge is 2.27. The quantitative estimate of drug-likeness (QED) is 0.845. The number of carbonyl (C=O) groups excluding carboxylic acids is 1. The number of aromatic nitrogens is 2. The number of halogens is 3. The minimum atomic E-state index is -4.26. The Morgan fingerprint density at radius 1 is 1.39 bits per heavy atom. The number of nitrogens with one attached hydrogen (secondary N) is 1. The average Bonchev–Trinajstić information content (AvgIpc) is 2.82. The molecule has 0 aliphatic rings. The van der Waals surface area contributed by atoms with Gasteiger partial charge in [-0.2, -0.15) is 18.3 Å². The molecule has 0 aliphatic heterocycles. The number of alkyl halides is 3. The summed E-state index contributed by atoms with van der Waals surface area (Å²) >= 11 is 0.659. The third-order valence-electron chi connectivity index (χ3n) is 2.92. The number of rotatable bonds is 5. The van der Waals surface area contributed by atoms with E-state index in [1.54, 1.807) is 42.3 Å². The molecule has 1 amide bonds. The van der Waals surface area contributed by atoms with Crippen molar-refractivity contribution in [2.45, 2.75) is 24.4 Å². The van der Waals surface area contributed by atoms with Crippen LogP contribution in [-0.2, 0) is 18.3 Å². The highest BCUT2D eigenvalue weighted by atomic mass is 32.2. The topological polar surface area (TPSA) is 46.9 Å². The number of amides is 1. The van der Waals surface area contributed by atoms with Gasteiger partial charge in [0.2, 0.25) is 5.91 Å². The molecule has 0 saturated heterocycles. The molecule has 0 spiro atoms. The number of nitrogens with zero attached hydrogens (tertiary/aromatic N) is 2. The molecule has 124 valence electrons. The minimum Gasteiger partial charge on any atom is -0.325 e. The Morgan fingerprint density at radius 2 is 2.13 bits per heavy atom. The lowest BCUT2D eigenvalue weighted by molar-refractivity contribution is -0.115. The Hall–Kier alpha value is -1.96. The Morgan fingerprint density at radius 3 is 2.74 bits per heavy atom. The Labute approximate surface area is 136 Å². The zero-order valence-corrected chi connectivity index (χ0v) is 13.5. The number of thioether (sulfide) groups is 1. The van der Waals surface area contributed by atoms with E-state index in [0.29, 0.717) is 22.3 Å². The lowest BCUT2D eigenvalue weighted by atomic mass is 10.2. The zero-order valence-electron chi connectivity index (χ0n) is 12.6. The van der Waals surface area contributed by atoms with Crippen LogP contribution >= 0.6 is 11.8 Å². The fourth-order valence-electron chi connectivity index (χ4n) is 1.97.